The number of nitrogens with zero attached hydrogens (tertiary/aromatic N) is 2. The van der Waals surface area contributed by atoms with Crippen LogP contribution in [0.3, 0.4) is 0 Å². The second-order valence-electron chi connectivity index (χ2n) is 3.88. The lowest BCUT2D eigenvalue weighted by Crippen LogP contribution is -2.04. The van der Waals surface area contributed by atoms with Gasteiger partial charge < -0.3 is 9.84 Å². The van der Waals surface area contributed by atoms with Crippen molar-refractivity contribution in [2.75, 3.05) is 7.11 Å². The van der Waals surface area contributed by atoms with E-state index in [4.69, 9.17) is 4.74 Å². The first kappa shape index (κ1) is 12.9. The molecule has 6 heteroatoms. The van der Waals surface area contributed by atoms with Gasteiger partial charge in [0.1, 0.15) is 0 Å². The summed E-state index contributed by atoms with van der Waals surface area (Å²) in [6.45, 7) is 1.77. The number of aliphatic hydroxyl groups is 1. The molecule has 4 nitrogen and oxygen atoms in total. The summed E-state index contributed by atoms with van der Waals surface area (Å²) in [5.41, 5.74) is 1.09. The van der Waals surface area contributed by atoms with Crippen molar-refractivity contribution >= 4 is 11.5 Å². The number of benzene rings is 1. The number of aliphatic hydroxyl groups excluding tert-OH is 1. The molecule has 96 valence electrons. The van der Waals surface area contributed by atoms with Crippen LogP contribution in [-0.2, 0) is 6.42 Å². The Morgan fingerprint density at radius 3 is 2.89 bits per heavy atom. The lowest BCUT2D eigenvalue weighted by Gasteiger charge is -2.11. The van der Waals surface area contributed by atoms with E-state index in [-0.39, 0.29) is 12.2 Å². The first-order chi connectivity index (χ1) is 8.63. The highest BCUT2D eigenvalue weighted by atomic mass is 32.1. The number of aromatic nitrogens is 2. The van der Waals surface area contributed by atoms with E-state index in [1.807, 2.05) is 0 Å². The van der Waals surface area contributed by atoms with Crippen LogP contribution in [0.25, 0.3) is 0 Å². The molecule has 1 aromatic heterocycles. The lowest BCUT2D eigenvalue weighted by molar-refractivity contribution is 0.179. The maximum Gasteiger partial charge on any atom is 0.168 e. The zero-order valence-electron chi connectivity index (χ0n) is 10.1. The molecule has 1 N–H and O–H groups in total. The maximum atomic E-state index is 13.9. The highest BCUT2D eigenvalue weighted by molar-refractivity contribution is 7.05. The van der Waals surface area contributed by atoms with E-state index in [1.54, 1.807) is 25.1 Å². The molecule has 1 atom stereocenters. The minimum atomic E-state index is -0.799. The number of rotatable bonds is 4. The van der Waals surface area contributed by atoms with Gasteiger partial charge in [0.15, 0.2) is 11.6 Å². The highest BCUT2D eigenvalue weighted by Crippen LogP contribution is 2.27. The van der Waals surface area contributed by atoms with Crippen LogP contribution in [0, 0.1) is 12.7 Å². The molecular formula is C12H13FN2O2S. The molecule has 18 heavy (non-hydrogen) atoms. The zero-order valence-corrected chi connectivity index (χ0v) is 10.9. The van der Waals surface area contributed by atoms with E-state index in [1.165, 1.54) is 7.11 Å². The Labute approximate surface area is 108 Å². The number of ether oxygens (including phenoxy) is 1. The van der Waals surface area contributed by atoms with Gasteiger partial charge >= 0.3 is 0 Å². The Morgan fingerprint density at radius 2 is 2.28 bits per heavy atom. The standard InChI is InChI=1S/C12H13FN2O2S/c1-7-12(18-15-14-7)9(16)6-8-4-3-5-10(17-2)11(8)13/h3-5,9,16H,6H2,1-2H3. The van der Waals surface area contributed by atoms with E-state index in [0.717, 1.165) is 11.5 Å². The normalized spacial score (nSPS) is 12.4. The van der Waals surface area contributed by atoms with Crippen molar-refractivity contribution in [3.8, 4) is 5.75 Å². The number of hydrogen-bond donors (Lipinski definition) is 1. The average Bonchev–Trinajstić information content (AvgIpc) is 2.78. The molecule has 0 saturated carbocycles. The summed E-state index contributed by atoms with van der Waals surface area (Å²) in [6.07, 6.45) is -0.625. The molecular weight excluding hydrogens is 255 g/mol. The van der Waals surface area contributed by atoms with Gasteiger partial charge in [-0.3, -0.25) is 0 Å². The van der Waals surface area contributed by atoms with Crippen LogP contribution >= 0.6 is 11.5 Å². The molecule has 2 rings (SSSR count). The molecule has 0 amide bonds. The molecule has 0 bridgehead atoms. The monoisotopic (exact) mass is 268 g/mol. The molecule has 0 spiro atoms. The number of aryl methyl sites for hydroxylation is 1. The van der Waals surface area contributed by atoms with Gasteiger partial charge in [0.05, 0.1) is 23.8 Å². The van der Waals surface area contributed by atoms with Crippen molar-refractivity contribution in [1.82, 2.24) is 9.59 Å². The van der Waals surface area contributed by atoms with Crippen molar-refractivity contribution in [2.45, 2.75) is 19.4 Å². The van der Waals surface area contributed by atoms with Crippen LogP contribution in [0.4, 0.5) is 4.39 Å². The summed E-state index contributed by atoms with van der Waals surface area (Å²) in [4.78, 5) is 0.664. The predicted molar refractivity (Wildman–Crippen MR) is 66.3 cm³/mol. The fourth-order valence-electron chi connectivity index (χ4n) is 1.72. The Hall–Kier alpha value is -1.53. The van der Waals surface area contributed by atoms with Crippen molar-refractivity contribution < 1.29 is 14.2 Å². The van der Waals surface area contributed by atoms with Crippen molar-refractivity contribution in [1.29, 1.82) is 0 Å². The maximum absolute atomic E-state index is 13.9. The number of halogens is 1. The first-order valence-corrected chi connectivity index (χ1v) is 6.19. The predicted octanol–water partition coefficient (Wildman–Crippen LogP) is 2.27. The molecule has 0 fully saturated rings. The quantitative estimate of drug-likeness (QED) is 0.924. The van der Waals surface area contributed by atoms with Crippen LogP contribution < -0.4 is 4.74 Å². The van der Waals surface area contributed by atoms with E-state index in [0.29, 0.717) is 16.1 Å². The van der Waals surface area contributed by atoms with Crippen molar-refractivity contribution in [3.63, 3.8) is 0 Å². The van der Waals surface area contributed by atoms with Crippen LogP contribution in [0.15, 0.2) is 18.2 Å². The van der Waals surface area contributed by atoms with Gasteiger partial charge in [-0.2, -0.15) is 0 Å². The Bertz CT molecular complexity index is 545. The Balaban J connectivity index is 2.22. The van der Waals surface area contributed by atoms with Gasteiger partial charge in [-0.1, -0.05) is 16.6 Å². The van der Waals surface area contributed by atoms with Crippen LogP contribution in [0.2, 0.25) is 0 Å². The highest BCUT2D eigenvalue weighted by Gasteiger charge is 2.18. The molecule has 0 radical (unpaired) electrons. The van der Waals surface area contributed by atoms with Gasteiger partial charge in [0.2, 0.25) is 0 Å². The van der Waals surface area contributed by atoms with Crippen LogP contribution in [0.5, 0.6) is 5.75 Å². The Kier molecular flexibility index (Phi) is 3.88. The summed E-state index contributed by atoms with van der Waals surface area (Å²) in [6, 6.07) is 4.87. The Morgan fingerprint density at radius 1 is 1.50 bits per heavy atom. The van der Waals surface area contributed by atoms with Gasteiger partial charge in [-0.05, 0) is 30.1 Å². The average molecular weight is 268 g/mol. The summed E-state index contributed by atoms with van der Waals surface area (Å²) >= 11 is 1.13. The smallest absolute Gasteiger partial charge is 0.168 e. The molecule has 2 aromatic rings. The van der Waals surface area contributed by atoms with E-state index >= 15 is 0 Å². The molecule has 1 unspecified atom stereocenters. The molecule has 1 heterocycles. The number of methoxy groups -OCH3 is 1. The second kappa shape index (κ2) is 5.41. The SMILES string of the molecule is COc1cccc(CC(O)c2snnc2C)c1F. The molecule has 1 aromatic carbocycles. The summed E-state index contributed by atoms with van der Waals surface area (Å²) < 4.78 is 22.6. The van der Waals surface area contributed by atoms with Gasteiger partial charge in [-0.25, -0.2) is 4.39 Å². The zero-order chi connectivity index (χ0) is 13.1. The van der Waals surface area contributed by atoms with E-state index < -0.39 is 11.9 Å². The van der Waals surface area contributed by atoms with Gasteiger partial charge in [0.25, 0.3) is 0 Å². The second-order valence-corrected chi connectivity index (χ2v) is 4.66. The van der Waals surface area contributed by atoms with Crippen molar-refractivity contribution in [2.24, 2.45) is 0 Å². The van der Waals surface area contributed by atoms with Crippen molar-refractivity contribution in [3.05, 3.63) is 40.2 Å². The molecule has 0 aliphatic heterocycles. The largest absolute Gasteiger partial charge is 0.494 e. The summed E-state index contributed by atoms with van der Waals surface area (Å²) in [5.74, 6) is -0.256. The van der Waals surface area contributed by atoms with Crippen LogP contribution in [0.1, 0.15) is 22.2 Å². The molecule has 0 aliphatic carbocycles. The molecule has 0 saturated heterocycles. The van der Waals surface area contributed by atoms with Crippen LogP contribution in [-0.4, -0.2) is 21.8 Å². The molecule has 0 aliphatic rings. The van der Waals surface area contributed by atoms with E-state index in [9.17, 15) is 9.50 Å². The number of hydrogen-bond acceptors (Lipinski definition) is 5. The minimum absolute atomic E-state index is 0.174. The van der Waals surface area contributed by atoms with Gasteiger partial charge in [0, 0.05) is 6.42 Å². The van der Waals surface area contributed by atoms with E-state index in [2.05, 4.69) is 9.59 Å². The fraction of sp³-hybridized carbons (Fsp3) is 0.333. The summed E-state index contributed by atoms with van der Waals surface area (Å²) in [7, 11) is 1.41. The first-order valence-electron chi connectivity index (χ1n) is 5.41. The topological polar surface area (TPSA) is 55.2 Å². The fourth-order valence-corrected chi connectivity index (χ4v) is 2.34. The third-order valence-corrected chi connectivity index (χ3v) is 3.59. The minimum Gasteiger partial charge on any atom is -0.494 e. The van der Waals surface area contributed by atoms with Gasteiger partial charge in [-0.15, -0.1) is 5.10 Å². The summed E-state index contributed by atoms with van der Waals surface area (Å²) in [5, 5.41) is 13.9. The third kappa shape index (κ3) is 2.49. The third-order valence-electron chi connectivity index (χ3n) is 2.67. The lowest BCUT2D eigenvalue weighted by atomic mass is 10.1.